The number of aromatic nitrogens is 3. The Morgan fingerprint density at radius 2 is 1.18 bits per heavy atom. The molecule has 0 aliphatic rings. The minimum absolute atomic E-state index is 0.491. The van der Waals surface area contributed by atoms with E-state index in [9.17, 15) is 5.11 Å². The van der Waals surface area contributed by atoms with Gasteiger partial charge in [-0.25, -0.2) is 4.98 Å². The third kappa shape index (κ3) is 4.46. The number of ether oxygens (including phenoxy) is 1. The van der Waals surface area contributed by atoms with Gasteiger partial charge in [0.15, 0.2) is 5.60 Å². The highest BCUT2D eigenvalue weighted by molar-refractivity contribution is 5.85. The van der Waals surface area contributed by atoms with Crippen LogP contribution in [0.5, 0.6) is 5.75 Å². The second-order valence-electron chi connectivity index (χ2n) is 10.9. The zero-order valence-electron chi connectivity index (χ0n) is 24.3. The minimum atomic E-state index is -1.58. The summed E-state index contributed by atoms with van der Waals surface area (Å²) < 4.78 is 7.55. The van der Waals surface area contributed by atoms with Crippen molar-refractivity contribution in [2.45, 2.75) is 11.1 Å². The SMILES string of the molecule is COc1ccc2cc(C(O)(c3cccnc3)c3cn(C(c4ccccc4)(c4ccccc4)c4ccccc4)cn3)ccc2c1. The number of pyridine rings is 1. The van der Waals surface area contributed by atoms with Gasteiger partial charge >= 0.3 is 0 Å². The molecule has 1 N–H and O–H groups in total. The molecule has 0 aliphatic carbocycles. The molecule has 214 valence electrons. The molecule has 2 heterocycles. The number of benzene rings is 5. The van der Waals surface area contributed by atoms with Crippen molar-refractivity contribution in [1.82, 2.24) is 14.5 Å². The highest BCUT2D eigenvalue weighted by Gasteiger charge is 2.42. The standard InChI is InChI=1S/C39H31N3O2/c1-44-36-22-20-29-24-34(21-19-30(29)25-36)39(43,35-18-11-23-40-26-35)37-27-42(28-41-37)38(31-12-5-2-6-13-31,32-14-7-3-8-15-32)33-16-9-4-10-17-33/h2-28,43H,1H3. The van der Waals surface area contributed by atoms with Gasteiger partial charge in [0.25, 0.3) is 0 Å². The summed E-state index contributed by atoms with van der Waals surface area (Å²) in [6.45, 7) is 0. The van der Waals surface area contributed by atoms with Crippen molar-refractivity contribution in [3.63, 3.8) is 0 Å². The van der Waals surface area contributed by atoms with Gasteiger partial charge in [0, 0.05) is 24.2 Å². The second kappa shape index (κ2) is 11.3. The number of fused-ring (bicyclic) bond motifs is 1. The highest BCUT2D eigenvalue weighted by atomic mass is 16.5. The molecule has 1 unspecified atom stereocenters. The number of aliphatic hydroxyl groups is 1. The molecule has 5 aromatic carbocycles. The summed E-state index contributed by atoms with van der Waals surface area (Å²) in [5, 5.41) is 14.8. The second-order valence-corrected chi connectivity index (χ2v) is 10.9. The van der Waals surface area contributed by atoms with Crippen LogP contribution in [0.1, 0.15) is 33.5 Å². The van der Waals surface area contributed by atoms with Gasteiger partial charge in [-0.2, -0.15) is 0 Å². The molecule has 0 spiro atoms. The molecule has 5 heteroatoms. The summed E-state index contributed by atoms with van der Waals surface area (Å²) in [5.74, 6) is 0.783. The van der Waals surface area contributed by atoms with Crippen LogP contribution in [0, 0.1) is 0 Å². The first-order valence-corrected chi connectivity index (χ1v) is 14.6. The Morgan fingerprint density at radius 1 is 0.614 bits per heavy atom. The lowest BCUT2D eigenvalue weighted by atomic mass is 9.76. The van der Waals surface area contributed by atoms with E-state index in [1.807, 2.05) is 79.3 Å². The first-order chi connectivity index (χ1) is 21.6. The van der Waals surface area contributed by atoms with Crippen molar-refractivity contribution < 1.29 is 9.84 Å². The summed E-state index contributed by atoms with van der Waals surface area (Å²) in [6.07, 6.45) is 7.21. The molecular weight excluding hydrogens is 542 g/mol. The van der Waals surface area contributed by atoms with E-state index in [4.69, 9.17) is 9.72 Å². The van der Waals surface area contributed by atoms with Gasteiger partial charge in [0.2, 0.25) is 0 Å². The lowest BCUT2D eigenvalue weighted by Crippen LogP contribution is -2.37. The summed E-state index contributed by atoms with van der Waals surface area (Å²) in [4.78, 5) is 9.33. The fourth-order valence-corrected chi connectivity index (χ4v) is 6.29. The lowest BCUT2D eigenvalue weighted by Gasteiger charge is -2.37. The van der Waals surface area contributed by atoms with Crippen molar-refractivity contribution in [2.75, 3.05) is 7.11 Å². The average molecular weight is 574 g/mol. The van der Waals surface area contributed by atoms with Crippen LogP contribution < -0.4 is 4.74 Å². The normalized spacial score (nSPS) is 13.0. The van der Waals surface area contributed by atoms with Crippen LogP contribution in [0.25, 0.3) is 10.8 Å². The number of rotatable bonds is 8. The Kier molecular flexibility index (Phi) is 7.01. The van der Waals surface area contributed by atoms with E-state index in [-0.39, 0.29) is 0 Å². The molecule has 44 heavy (non-hydrogen) atoms. The molecule has 7 aromatic rings. The maximum absolute atomic E-state index is 12.8. The monoisotopic (exact) mass is 573 g/mol. The van der Waals surface area contributed by atoms with Gasteiger partial charge in [0.05, 0.1) is 19.1 Å². The maximum Gasteiger partial charge on any atom is 0.160 e. The minimum Gasteiger partial charge on any atom is -0.497 e. The van der Waals surface area contributed by atoms with Gasteiger partial charge in [-0.05, 0) is 57.3 Å². The molecule has 7 rings (SSSR count). The lowest BCUT2D eigenvalue weighted by molar-refractivity contribution is 0.121. The van der Waals surface area contributed by atoms with Crippen molar-refractivity contribution in [3.8, 4) is 5.75 Å². The molecular formula is C39H31N3O2. The molecule has 0 fully saturated rings. The Labute approximate surface area is 256 Å². The molecule has 1 atom stereocenters. The fourth-order valence-electron chi connectivity index (χ4n) is 6.29. The van der Waals surface area contributed by atoms with Crippen LogP contribution in [-0.4, -0.2) is 26.8 Å². The molecule has 0 amide bonds. The van der Waals surface area contributed by atoms with Crippen LogP contribution in [0.4, 0.5) is 0 Å². The predicted octanol–water partition coefficient (Wildman–Crippen LogP) is 7.56. The van der Waals surface area contributed by atoms with Crippen molar-refractivity contribution in [2.24, 2.45) is 0 Å². The Hall–Kier alpha value is -5.52. The molecule has 2 aromatic heterocycles. The summed E-state index contributed by atoms with van der Waals surface area (Å²) in [6, 6.07) is 46.9. The summed E-state index contributed by atoms with van der Waals surface area (Å²) >= 11 is 0. The number of methoxy groups -OCH3 is 1. The van der Waals surface area contributed by atoms with Crippen LogP contribution in [0.15, 0.2) is 164 Å². The molecule has 0 aliphatic heterocycles. The van der Waals surface area contributed by atoms with E-state index in [0.717, 1.165) is 33.2 Å². The number of nitrogens with zero attached hydrogens (tertiary/aromatic N) is 3. The number of imidazole rings is 1. The van der Waals surface area contributed by atoms with Crippen LogP contribution in [0.2, 0.25) is 0 Å². The Morgan fingerprint density at radius 3 is 1.75 bits per heavy atom. The smallest absolute Gasteiger partial charge is 0.160 e. The molecule has 0 radical (unpaired) electrons. The van der Waals surface area contributed by atoms with Crippen LogP contribution in [-0.2, 0) is 11.1 Å². The zero-order chi connectivity index (χ0) is 30.0. The highest BCUT2D eigenvalue weighted by Crippen LogP contribution is 2.43. The summed E-state index contributed by atoms with van der Waals surface area (Å²) in [7, 11) is 1.66. The largest absolute Gasteiger partial charge is 0.497 e. The zero-order valence-corrected chi connectivity index (χ0v) is 24.3. The Balaban J connectivity index is 1.48. The maximum atomic E-state index is 12.8. The van der Waals surface area contributed by atoms with Gasteiger partial charge in [0.1, 0.15) is 11.3 Å². The topological polar surface area (TPSA) is 60.2 Å². The van der Waals surface area contributed by atoms with Crippen LogP contribution >= 0.6 is 0 Å². The average Bonchev–Trinajstić information content (AvgIpc) is 3.61. The number of hydrogen-bond acceptors (Lipinski definition) is 4. The third-order valence-corrected chi connectivity index (χ3v) is 8.46. The summed E-state index contributed by atoms with van der Waals surface area (Å²) in [5.41, 5.74) is 2.70. The quantitative estimate of drug-likeness (QED) is 0.191. The number of hydrogen-bond donors (Lipinski definition) is 1. The van der Waals surface area contributed by atoms with Gasteiger partial charge in [-0.1, -0.05) is 115 Å². The van der Waals surface area contributed by atoms with Gasteiger partial charge in [-0.3, -0.25) is 4.98 Å². The first kappa shape index (κ1) is 27.3. The van der Waals surface area contributed by atoms with E-state index in [0.29, 0.717) is 16.8 Å². The van der Waals surface area contributed by atoms with Crippen molar-refractivity contribution in [3.05, 3.63) is 198 Å². The Bertz CT molecular complexity index is 1910. The van der Waals surface area contributed by atoms with Gasteiger partial charge < -0.3 is 14.4 Å². The van der Waals surface area contributed by atoms with E-state index < -0.39 is 11.1 Å². The van der Waals surface area contributed by atoms with Crippen molar-refractivity contribution in [1.29, 1.82) is 0 Å². The van der Waals surface area contributed by atoms with E-state index in [2.05, 4.69) is 82.3 Å². The third-order valence-electron chi connectivity index (χ3n) is 8.46. The van der Waals surface area contributed by atoms with E-state index >= 15 is 0 Å². The van der Waals surface area contributed by atoms with Crippen molar-refractivity contribution >= 4 is 10.8 Å². The molecule has 0 saturated carbocycles. The van der Waals surface area contributed by atoms with Crippen LogP contribution in [0.3, 0.4) is 0 Å². The molecule has 0 saturated heterocycles. The molecule has 0 bridgehead atoms. The predicted molar refractivity (Wildman–Crippen MR) is 174 cm³/mol. The first-order valence-electron chi connectivity index (χ1n) is 14.6. The fraction of sp³-hybridized carbons (Fsp3) is 0.0769. The molecule has 5 nitrogen and oxygen atoms in total. The van der Waals surface area contributed by atoms with E-state index in [1.54, 1.807) is 19.5 Å². The van der Waals surface area contributed by atoms with E-state index in [1.165, 1.54) is 0 Å². The van der Waals surface area contributed by atoms with Gasteiger partial charge in [-0.15, -0.1) is 0 Å².